The number of carbonyl (C=O) groups is 1. The maximum atomic E-state index is 12.4. The Morgan fingerprint density at radius 3 is 2.67 bits per heavy atom. The Balaban J connectivity index is 1.44. The quantitative estimate of drug-likeness (QED) is 0.904. The van der Waals surface area contributed by atoms with Gasteiger partial charge in [-0.15, -0.1) is 0 Å². The fraction of sp³-hybridized carbons (Fsp3) is 0.684. The van der Waals surface area contributed by atoms with Crippen LogP contribution in [0.1, 0.15) is 43.7 Å². The second-order valence-corrected chi connectivity index (χ2v) is 7.69. The predicted octanol–water partition coefficient (Wildman–Crippen LogP) is 2.20. The van der Waals surface area contributed by atoms with Crippen LogP contribution in [0.5, 0.6) is 0 Å². The van der Waals surface area contributed by atoms with E-state index in [1.165, 1.54) is 19.3 Å². The van der Waals surface area contributed by atoms with E-state index in [9.17, 15) is 4.79 Å². The summed E-state index contributed by atoms with van der Waals surface area (Å²) in [6, 6.07) is 4.43. The number of pyridine rings is 1. The summed E-state index contributed by atoms with van der Waals surface area (Å²) >= 11 is 0. The molecule has 0 bridgehead atoms. The van der Waals surface area contributed by atoms with E-state index in [-0.39, 0.29) is 17.9 Å². The summed E-state index contributed by atoms with van der Waals surface area (Å²) in [4.78, 5) is 21.8. The van der Waals surface area contributed by atoms with Gasteiger partial charge in [0.25, 0.3) is 0 Å². The Morgan fingerprint density at radius 2 is 1.92 bits per heavy atom. The number of rotatable bonds is 2. The Labute approximate surface area is 144 Å². The molecule has 24 heavy (non-hydrogen) atoms. The molecule has 1 N–H and O–H groups in total. The third-order valence-corrected chi connectivity index (χ3v) is 6.10. The molecule has 0 aromatic carbocycles. The number of anilines is 1. The highest BCUT2D eigenvalue weighted by Gasteiger charge is 2.38. The van der Waals surface area contributed by atoms with Gasteiger partial charge in [-0.25, -0.2) is 4.98 Å². The van der Waals surface area contributed by atoms with Crippen LogP contribution in [0.15, 0.2) is 18.3 Å². The number of nitrogens with zero attached hydrogens (tertiary/aromatic N) is 3. The second-order valence-electron chi connectivity index (χ2n) is 7.69. The number of hydrogen-bond acceptors (Lipinski definition) is 4. The molecular weight excluding hydrogens is 300 g/mol. The Hall–Kier alpha value is -1.62. The molecule has 3 unspecified atom stereocenters. The van der Waals surface area contributed by atoms with Crippen LogP contribution in [-0.4, -0.2) is 49.0 Å². The van der Waals surface area contributed by atoms with Gasteiger partial charge in [0.1, 0.15) is 5.82 Å². The molecule has 1 aromatic rings. The van der Waals surface area contributed by atoms with Gasteiger partial charge in [0.05, 0.1) is 6.04 Å². The molecule has 3 heterocycles. The number of hydrogen-bond donors (Lipinski definition) is 1. The minimum absolute atomic E-state index is 0.144. The fourth-order valence-electron chi connectivity index (χ4n) is 4.52. The van der Waals surface area contributed by atoms with E-state index in [4.69, 9.17) is 0 Å². The smallest absolute Gasteiger partial charge is 0.223 e. The van der Waals surface area contributed by atoms with Crippen molar-refractivity contribution in [2.45, 2.75) is 38.1 Å². The maximum absolute atomic E-state index is 12.4. The van der Waals surface area contributed by atoms with E-state index in [0.717, 1.165) is 50.4 Å². The van der Waals surface area contributed by atoms with Crippen molar-refractivity contribution in [3.05, 3.63) is 23.9 Å². The fourth-order valence-corrected chi connectivity index (χ4v) is 4.52. The summed E-state index contributed by atoms with van der Waals surface area (Å²) in [7, 11) is 2.16. The molecule has 3 aliphatic rings. The largest absolute Gasteiger partial charge is 0.354 e. The second kappa shape index (κ2) is 6.71. The van der Waals surface area contributed by atoms with E-state index in [0.29, 0.717) is 5.92 Å². The summed E-state index contributed by atoms with van der Waals surface area (Å²) in [6.07, 6.45) is 7.82. The van der Waals surface area contributed by atoms with Crippen LogP contribution in [0.3, 0.4) is 0 Å². The Kier molecular flexibility index (Phi) is 4.44. The van der Waals surface area contributed by atoms with Crippen LogP contribution in [0, 0.1) is 11.8 Å². The van der Waals surface area contributed by atoms with Crippen molar-refractivity contribution in [2.24, 2.45) is 11.8 Å². The normalized spacial score (nSPS) is 31.5. The third kappa shape index (κ3) is 3.14. The molecule has 4 rings (SSSR count). The first-order chi connectivity index (χ1) is 11.7. The molecule has 5 nitrogen and oxygen atoms in total. The monoisotopic (exact) mass is 328 g/mol. The predicted molar refractivity (Wildman–Crippen MR) is 94.9 cm³/mol. The molecule has 3 fully saturated rings. The summed E-state index contributed by atoms with van der Waals surface area (Å²) < 4.78 is 0. The average molecular weight is 328 g/mol. The van der Waals surface area contributed by atoms with Gasteiger partial charge in [0.15, 0.2) is 0 Å². The first kappa shape index (κ1) is 15.9. The first-order valence-electron chi connectivity index (χ1n) is 9.40. The molecule has 1 aliphatic carbocycles. The van der Waals surface area contributed by atoms with E-state index in [1.54, 1.807) is 0 Å². The van der Waals surface area contributed by atoms with Gasteiger partial charge in [0.2, 0.25) is 5.91 Å². The topological polar surface area (TPSA) is 48.5 Å². The first-order valence-corrected chi connectivity index (χ1v) is 9.40. The van der Waals surface area contributed by atoms with Crippen molar-refractivity contribution < 1.29 is 4.79 Å². The molecule has 2 aliphatic heterocycles. The number of fused-ring (bicyclic) bond motifs is 1. The molecule has 1 saturated carbocycles. The number of aromatic nitrogens is 1. The molecule has 0 spiro atoms. The summed E-state index contributed by atoms with van der Waals surface area (Å²) in [5, 5.41) is 3.24. The van der Waals surface area contributed by atoms with E-state index >= 15 is 0 Å². The maximum Gasteiger partial charge on any atom is 0.223 e. The van der Waals surface area contributed by atoms with Crippen LogP contribution in [0.25, 0.3) is 0 Å². The number of likely N-dealkylation sites (N-methyl/N-ethyl adjacent to an activating group) is 1. The Bertz CT molecular complexity index is 580. The summed E-state index contributed by atoms with van der Waals surface area (Å²) in [6.45, 7) is 4.25. The van der Waals surface area contributed by atoms with Crippen molar-refractivity contribution in [1.29, 1.82) is 0 Å². The van der Waals surface area contributed by atoms with Crippen LogP contribution in [0.2, 0.25) is 0 Å². The zero-order chi connectivity index (χ0) is 16.5. The molecular formula is C19H28N4O. The highest BCUT2D eigenvalue weighted by atomic mass is 16.2. The molecule has 2 saturated heterocycles. The van der Waals surface area contributed by atoms with Crippen molar-refractivity contribution in [3.8, 4) is 0 Å². The number of amides is 1. The van der Waals surface area contributed by atoms with Crippen LogP contribution in [0.4, 0.5) is 5.82 Å². The average Bonchev–Trinajstić information content (AvgIpc) is 2.62. The standard InChI is InChI=1S/C19H28N4O/c1-22-8-10-23(11-9-22)18-7-6-15(13-20-18)17-12-14-4-2-3-5-16(14)19(24)21-17/h6-7,13-14,16-17H,2-5,8-12H2,1H3,(H,21,24). The summed E-state index contributed by atoms with van der Waals surface area (Å²) in [5.41, 5.74) is 1.16. The molecule has 130 valence electrons. The number of nitrogens with one attached hydrogen (secondary N) is 1. The molecule has 0 radical (unpaired) electrons. The lowest BCUT2D eigenvalue weighted by Gasteiger charge is -2.39. The van der Waals surface area contributed by atoms with Crippen molar-refractivity contribution in [3.63, 3.8) is 0 Å². The highest BCUT2D eigenvalue weighted by molar-refractivity contribution is 5.80. The van der Waals surface area contributed by atoms with E-state index in [1.807, 2.05) is 6.20 Å². The number of piperazine rings is 1. The zero-order valence-corrected chi connectivity index (χ0v) is 14.6. The van der Waals surface area contributed by atoms with Gasteiger partial charge in [0, 0.05) is 38.3 Å². The SMILES string of the molecule is CN1CCN(c2ccc(C3CC4CCCCC4C(=O)N3)cn2)CC1. The third-order valence-electron chi connectivity index (χ3n) is 6.10. The van der Waals surface area contributed by atoms with Crippen LogP contribution >= 0.6 is 0 Å². The molecule has 1 amide bonds. The van der Waals surface area contributed by atoms with Gasteiger partial charge in [-0.3, -0.25) is 4.79 Å². The minimum atomic E-state index is 0.144. The van der Waals surface area contributed by atoms with E-state index in [2.05, 4.69) is 39.3 Å². The van der Waals surface area contributed by atoms with Gasteiger partial charge >= 0.3 is 0 Å². The van der Waals surface area contributed by atoms with Crippen molar-refractivity contribution >= 4 is 11.7 Å². The molecule has 1 aromatic heterocycles. The van der Waals surface area contributed by atoms with Gasteiger partial charge in [-0.05, 0) is 43.9 Å². The molecule has 5 heteroatoms. The van der Waals surface area contributed by atoms with Gasteiger partial charge in [-0.1, -0.05) is 18.9 Å². The van der Waals surface area contributed by atoms with Crippen molar-refractivity contribution in [2.75, 3.05) is 38.1 Å². The number of piperidine rings is 1. The molecule has 3 atom stereocenters. The lowest BCUT2D eigenvalue weighted by atomic mass is 9.72. The van der Waals surface area contributed by atoms with Gasteiger partial charge in [-0.2, -0.15) is 0 Å². The Morgan fingerprint density at radius 1 is 1.12 bits per heavy atom. The minimum Gasteiger partial charge on any atom is -0.354 e. The lowest BCUT2D eigenvalue weighted by molar-refractivity contribution is -0.131. The van der Waals surface area contributed by atoms with Crippen LogP contribution in [-0.2, 0) is 4.79 Å². The zero-order valence-electron chi connectivity index (χ0n) is 14.6. The van der Waals surface area contributed by atoms with Gasteiger partial charge < -0.3 is 15.1 Å². The van der Waals surface area contributed by atoms with Crippen LogP contribution < -0.4 is 10.2 Å². The summed E-state index contributed by atoms with van der Waals surface area (Å²) in [5.74, 6) is 2.14. The number of carbonyl (C=O) groups excluding carboxylic acids is 1. The van der Waals surface area contributed by atoms with E-state index < -0.39 is 0 Å². The van der Waals surface area contributed by atoms with Crippen molar-refractivity contribution in [1.82, 2.24) is 15.2 Å². The highest BCUT2D eigenvalue weighted by Crippen LogP contribution is 2.40. The lowest BCUT2D eigenvalue weighted by Crippen LogP contribution is -2.45.